The summed E-state index contributed by atoms with van der Waals surface area (Å²) in [6.07, 6.45) is 1.98. The lowest BCUT2D eigenvalue weighted by Gasteiger charge is -2.09. The van der Waals surface area contributed by atoms with E-state index in [1.807, 2.05) is 36.0 Å². The second-order valence-corrected chi connectivity index (χ2v) is 5.01. The summed E-state index contributed by atoms with van der Waals surface area (Å²) in [7, 11) is 1.67. The van der Waals surface area contributed by atoms with E-state index >= 15 is 0 Å². The van der Waals surface area contributed by atoms with Crippen molar-refractivity contribution in [3.63, 3.8) is 0 Å². The molecular formula is C13H16BrN3O. The molecule has 2 N–H and O–H groups in total. The van der Waals surface area contributed by atoms with Gasteiger partial charge in [0.2, 0.25) is 0 Å². The van der Waals surface area contributed by atoms with Crippen LogP contribution in [0.3, 0.4) is 0 Å². The molecule has 0 aliphatic carbocycles. The Labute approximate surface area is 115 Å². The zero-order chi connectivity index (χ0) is 13.1. The first-order chi connectivity index (χ1) is 8.63. The van der Waals surface area contributed by atoms with Crippen molar-refractivity contribution in [3.8, 4) is 5.75 Å². The smallest absolute Gasteiger partial charge is 0.124 e. The molecule has 0 saturated carbocycles. The van der Waals surface area contributed by atoms with Gasteiger partial charge in [-0.1, -0.05) is 15.9 Å². The average Bonchev–Trinajstić information content (AvgIpc) is 2.70. The minimum atomic E-state index is 0.515. The maximum absolute atomic E-state index is 5.65. The molecule has 2 rings (SSSR count). The van der Waals surface area contributed by atoms with E-state index in [4.69, 9.17) is 10.5 Å². The Morgan fingerprint density at radius 2 is 2.17 bits per heavy atom. The van der Waals surface area contributed by atoms with E-state index < -0.39 is 0 Å². The number of rotatable bonds is 4. The number of benzene rings is 1. The predicted octanol–water partition coefficient (Wildman–Crippen LogP) is 2.47. The van der Waals surface area contributed by atoms with E-state index in [1.54, 1.807) is 7.11 Å². The highest BCUT2D eigenvalue weighted by Gasteiger charge is 2.07. The summed E-state index contributed by atoms with van der Waals surface area (Å²) in [6.45, 7) is 3.15. The normalized spacial score (nSPS) is 10.7. The minimum Gasteiger partial charge on any atom is -0.496 e. The van der Waals surface area contributed by atoms with Gasteiger partial charge in [0, 0.05) is 28.3 Å². The Morgan fingerprint density at radius 1 is 1.39 bits per heavy atom. The first-order valence-corrected chi connectivity index (χ1v) is 6.48. The van der Waals surface area contributed by atoms with Gasteiger partial charge in [-0.05, 0) is 25.1 Å². The summed E-state index contributed by atoms with van der Waals surface area (Å²) in [5.74, 6) is 0.862. The van der Waals surface area contributed by atoms with Crippen LogP contribution in [0.4, 0.5) is 0 Å². The number of methoxy groups -OCH3 is 1. The van der Waals surface area contributed by atoms with Crippen molar-refractivity contribution in [2.24, 2.45) is 5.73 Å². The van der Waals surface area contributed by atoms with Gasteiger partial charge >= 0.3 is 0 Å². The van der Waals surface area contributed by atoms with Crippen LogP contribution in [-0.4, -0.2) is 16.9 Å². The van der Waals surface area contributed by atoms with Crippen LogP contribution in [-0.2, 0) is 13.1 Å². The molecule has 0 unspecified atom stereocenters. The Morgan fingerprint density at radius 3 is 2.78 bits per heavy atom. The van der Waals surface area contributed by atoms with E-state index in [1.165, 1.54) is 0 Å². The monoisotopic (exact) mass is 309 g/mol. The van der Waals surface area contributed by atoms with Crippen LogP contribution in [0.5, 0.6) is 5.75 Å². The lowest BCUT2D eigenvalue weighted by Crippen LogP contribution is -2.02. The summed E-state index contributed by atoms with van der Waals surface area (Å²) in [5, 5.41) is 4.45. The van der Waals surface area contributed by atoms with Crippen LogP contribution < -0.4 is 10.5 Å². The summed E-state index contributed by atoms with van der Waals surface area (Å²) in [6, 6.07) is 5.94. The van der Waals surface area contributed by atoms with Crippen LogP contribution in [0.15, 0.2) is 28.9 Å². The molecule has 0 saturated heterocycles. The van der Waals surface area contributed by atoms with E-state index in [2.05, 4.69) is 21.0 Å². The fourth-order valence-corrected chi connectivity index (χ4v) is 2.29. The maximum Gasteiger partial charge on any atom is 0.124 e. The molecule has 0 radical (unpaired) electrons. The van der Waals surface area contributed by atoms with Gasteiger partial charge in [0.15, 0.2) is 0 Å². The van der Waals surface area contributed by atoms with Gasteiger partial charge < -0.3 is 10.5 Å². The molecule has 5 heteroatoms. The predicted molar refractivity (Wildman–Crippen MR) is 74.7 cm³/mol. The molecule has 1 aromatic carbocycles. The number of ether oxygens (including phenoxy) is 1. The first kappa shape index (κ1) is 13.1. The third-order valence-electron chi connectivity index (χ3n) is 2.84. The van der Waals surface area contributed by atoms with Crippen molar-refractivity contribution >= 4 is 15.9 Å². The number of hydrogen-bond acceptors (Lipinski definition) is 3. The van der Waals surface area contributed by atoms with Crippen LogP contribution >= 0.6 is 15.9 Å². The molecule has 96 valence electrons. The summed E-state index contributed by atoms with van der Waals surface area (Å²) >= 11 is 3.47. The SMILES string of the molecule is COc1ccc(Br)cc1Cn1cc(CN)c(C)n1. The largest absolute Gasteiger partial charge is 0.496 e. The summed E-state index contributed by atoms with van der Waals surface area (Å²) in [5.41, 5.74) is 8.78. The quantitative estimate of drug-likeness (QED) is 0.944. The molecule has 18 heavy (non-hydrogen) atoms. The maximum atomic E-state index is 5.65. The number of nitrogens with zero attached hydrogens (tertiary/aromatic N) is 2. The molecule has 4 nitrogen and oxygen atoms in total. The second kappa shape index (κ2) is 5.54. The lowest BCUT2D eigenvalue weighted by molar-refractivity contribution is 0.407. The van der Waals surface area contributed by atoms with Crippen molar-refractivity contribution < 1.29 is 4.74 Å². The Hall–Kier alpha value is -1.33. The third-order valence-corrected chi connectivity index (χ3v) is 3.34. The molecular weight excluding hydrogens is 294 g/mol. The Balaban J connectivity index is 2.29. The van der Waals surface area contributed by atoms with Crippen molar-refractivity contribution in [2.75, 3.05) is 7.11 Å². The van der Waals surface area contributed by atoms with Crippen molar-refractivity contribution in [1.29, 1.82) is 0 Å². The first-order valence-electron chi connectivity index (χ1n) is 5.69. The highest BCUT2D eigenvalue weighted by Crippen LogP contribution is 2.23. The lowest BCUT2D eigenvalue weighted by atomic mass is 10.2. The highest BCUT2D eigenvalue weighted by molar-refractivity contribution is 9.10. The number of nitrogens with two attached hydrogens (primary N) is 1. The summed E-state index contributed by atoms with van der Waals surface area (Å²) < 4.78 is 8.27. The van der Waals surface area contributed by atoms with Gasteiger partial charge in [0.1, 0.15) is 5.75 Å². The molecule has 0 fully saturated rings. The fourth-order valence-electron chi connectivity index (χ4n) is 1.89. The van der Waals surface area contributed by atoms with E-state index in [9.17, 15) is 0 Å². The Bertz CT molecular complexity index is 551. The number of hydrogen-bond donors (Lipinski definition) is 1. The topological polar surface area (TPSA) is 53.1 Å². The van der Waals surface area contributed by atoms with Crippen LogP contribution in [0.25, 0.3) is 0 Å². The average molecular weight is 310 g/mol. The van der Waals surface area contributed by atoms with Crippen molar-refractivity contribution in [3.05, 3.63) is 45.7 Å². The zero-order valence-corrected chi connectivity index (χ0v) is 12.1. The van der Waals surface area contributed by atoms with Gasteiger partial charge in [-0.25, -0.2) is 0 Å². The fraction of sp³-hybridized carbons (Fsp3) is 0.308. The molecule has 1 heterocycles. The van der Waals surface area contributed by atoms with Gasteiger partial charge in [0.25, 0.3) is 0 Å². The molecule has 0 bridgehead atoms. The van der Waals surface area contributed by atoms with Crippen LogP contribution in [0.2, 0.25) is 0 Å². The number of aryl methyl sites for hydroxylation is 1. The Kier molecular flexibility index (Phi) is 4.04. The molecule has 1 aromatic heterocycles. The standard InChI is InChI=1S/C13H16BrN3O/c1-9-11(6-15)8-17(16-9)7-10-5-12(14)3-4-13(10)18-2/h3-5,8H,6-7,15H2,1-2H3. The van der Waals surface area contributed by atoms with Gasteiger partial charge in [-0.2, -0.15) is 5.10 Å². The molecule has 0 spiro atoms. The van der Waals surface area contributed by atoms with Crippen LogP contribution in [0.1, 0.15) is 16.8 Å². The number of aromatic nitrogens is 2. The number of halogens is 1. The van der Waals surface area contributed by atoms with Crippen LogP contribution in [0, 0.1) is 6.92 Å². The van der Waals surface area contributed by atoms with Gasteiger partial charge in [-0.15, -0.1) is 0 Å². The van der Waals surface area contributed by atoms with Crippen molar-refractivity contribution in [2.45, 2.75) is 20.0 Å². The molecule has 2 aromatic rings. The molecule has 0 aliphatic rings. The molecule has 0 amide bonds. The van der Waals surface area contributed by atoms with E-state index in [0.29, 0.717) is 13.1 Å². The van der Waals surface area contributed by atoms with E-state index in [0.717, 1.165) is 27.0 Å². The third kappa shape index (κ3) is 2.73. The minimum absolute atomic E-state index is 0.515. The second-order valence-electron chi connectivity index (χ2n) is 4.10. The zero-order valence-electron chi connectivity index (χ0n) is 10.5. The van der Waals surface area contributed by atoms with E-state index in [-0.39, 0.29) is 0 Å². The highest BCUT2D eigenvalue weighted by atomic mass is 79.9. The van der Waals surface area contributed by atoms with Gasteiger partial charge in [-0.3, -0.25) is 4.68 Å². The van der Waals surface area contributed by atoms with Crippen molar-refractivity contribution in [1.82, 2.24) is 9.78 Å². The molecule has 0 atom stereocenters. The van der Waals surface area contributed by atoms with Gasteiger partial charge in [0.05, 0.1) is 19.3 Å². The molecule has 0 aliphatic heterocycles. The summed E-state index contributed by atoms with van der Waals surface area (Å²) in [4.78, 5) is 0.